The van der Waals surface area contributed by atoms with Crippen molar-refractivity contribution in [2.75, 3.05) is 33.2 Å². The molecule has 3 rings (SSSR count). The number of likely N-dealkylation sites (N-methyl/N-ethyl adjacent to an activating group) is 1. The number of benzene rings is 1. The van der Waals surface area contributed by atoms with Crippen LogP contribution in [0.3, 0.4) is 0 Å². The van der Waals surface area contributed by atoms with Gasteiger partial charge in [-0.2, -0.15) is 0 Å². The summed E-state index contributed by atoms with van der Waals surface area (Å²) in [5.41, 5.74) is 6.64. The number of piperazine rings is 1. The molecule has 1 aromatic rings. The van der Waals surface area contributed by atoms with Gasteiger partial charge in [0.2, 0.25) is 0 Å². The van der Waals surface area contributed by atoms with E-state index in [4.69, 9.17) is 0 Å². The molecule has 3 heteroatoms. The molecular weight excluding hydrogens is 222 g/mol. The molecule has 0 aromatic heterocycles. The van der Waals surface area contributed by atoms with E-state index in [1.165, 1.54) is 18.4 Å². The maximum Gasteiger partial charge on any atom is 0.0356 e. The zero-order valence-electron chi connectivity index (χ0n) is 11.2. The molecule has 1 saturated carbocycles. The minimum absolute atomic E-state index is 0.843. The number of hydrogen-bond donors (Lipinski definition) is 1. The van der Waals surface area contributed by atoms with Crippen LogP contribution >= 0.6 is 0 Å². The van der Waals surface area contributed by atoms with Gasteiger partial charge in [-0.05, 0) is 36.9 Å². The molecule has 18 heavy (non-hydrogen) atoms. The van der Waals surface area contributed by atoms with Crippen molar-refractivity contribution in [3.63, 3.8) is 0 Å². The third-order valence-corrected chi connectivity index (χ3v) is 4.07. The molecule has 0 radical (unpaired) electrons. The molecule has 1 heterocycles. The predicted octanol–water partition coefficient (Wildman–Crippen LogP) is 1.82. The van der Waals surface area contributed by atoms with E-state index in [1.54, 1.807) is 5.56 Å². The normalized spacial score (nSPS) is 22.3. The van der Waals surface area contributed by atoms with E-state index in [2.05, 4.69) is 46.6 Å². The lowest BCUT2D eigenvalue weighted by molar-refractivity contribution is 0.102. The van der Waals surface area contributed by atoms with Gasteiger partial charge in [-0.1, -0.05) is 24.3 Å². The van der Waals surface area contributed by atoms with Crippen LogP contribution in [0.15, 0.2) is 24.3 Å². The second-order valence-corrected chi connectivity index (χ2v) is 5.60. The van der Waals surface area contributed by atoms with Gasteiger partial charge < -0.3 is 4.90 Å². The Hall–Kier alpha value is -0.900. The minimum atomic E-state index is 0.843. The fourth-order valence-corrected chi connectivity index (χ4v) is 2.65. The quantitative estimate of drug-likeness (QED) is 0.873. The largest absolute Gasteiger partial charge is 0.304 e. The predicted molar refractivity (Wildman–Crippen MR) is 74.3 cm³/mol. The van der Waals surface area contributed by atoms with Crippen LogP contribution in [0.4, 0.5) is 0 Å². The zero-order chi connectivity index (χ0) is 12.4. The molecule has 2 aliphatic rings. The molecule has 2 fully saturated rings. The number of hydrazine groups is 1. The summed E-state index contributed by atoms with van der Waals surface area (Å²) in [5, 5.41) is 2.36. The molecule has 1 aromatic carbocycles. The first-order valence-corrected chi connectivity index (χ1v) is 7.08. The maximum atomic E-state index is 3.59. The van der Waals surface area contributed by atoms with Crippen LogP contribution in [-0.2, 0) is 6.54 Å². The van der Waals surface area contributed by atoms with E-state index < -0.39 is 0 Å². The van der Waals surface area contributed by atoms with Gasteiger partial charge in [0, 0.05) is 32.7 Å². The number of rotatable bonds is 4. The second-order valence-electron chi connectivity index (χ2n) is 5.60. The van der Waals surface area contributed by atoms with E-state index >= 15 is 0 Å². The first-order valence-electron chi connectivity index (χ1n) is 7.08. The van der Waals surface area contributed by atoms with Crippen molar-refractivity contribution < 1.29 is 0 Å². The molecule has 0 amide bonds. The van der Waals surface area contributed by atoms with Crippen molar-refractivity contribution in [1.29, 1.82) is 0 Å². The third-order valence-electron chi connectivity index (χ3n) is 4.07. The van der Waals surface area contributed by atoms with Crippen molar-refractivity contribution in [1.82, 2.24) is 15.3 Å². The van der Waals surface area contributed by atoms with Crippen molar-refractivity contribution in [3.05, 3.63) is 35.4 Å². The molecule has 3 nitrogen and oxygen atoms in total. The summed E-state index contributed by atoms with van der Waals surface area (Å²) in [4.78, 5) is 2.39. The maximum absolute atomic E-state index is 3.59. The van der Waals surface area contributed by atoms with Gasteiger partial charge in [0.1, 0.15) is 0 Å². The Bertz CT molecular complexity index is 392. The summed E-state index contributed by atoms with van der Waals surface area (Å²) in [6.45, 7) is 5.56. The lowest BCUT2D eigenvalue weighted by atomic mass is 10.0. The third kappa shape index (κ3) is 2.91. The Kier molecular flexibility index (Phi) is 3.64. The molecular formula is C15H23N3. The highest BCUT2D eigenvalue weighted by molar-refractivity contribution is 5.33. The molecule has 1 aliphatic carbocycles. The van der Waals surface area contributed by atoms with Gasteiger partial charge in [0.05, 0.1) is 0 Å². The Balaban J connectivity index is 1.56. The van der Waals surface area contributed by atoms with Crippen molar-refractivity contribution >= 4 is 0 Å². The summed E-state index contributed by atoms with van der Waals surface area (Å²) < 4.78 is 0. The van der Waals surface area contributed by atoms with Crippen LogP contribution in [0.1, 0.15) is 29.9 Å². The van der Waals surface area contributed by atoms with E-state index in [0.717, 1.165) is 38.6 Å². The summed E-state index contributed by atoms with van der Waals surface area (Å²) in [5.74, 6) is 0.843. The number of nitrogens with one attached hydrogen (secondary N) is 1. The monoisotopic (exact) mass is 245 g/mol. The summed E-state index contributed by atoms with van der Waals surface area (Å²) in [6, 6.07) is 8.91. The molecule has 1 aliphatic heterocycles. The molecule has 0 atom stereocenters. The molecule has 0 spiro atoms. The average molecular weight is 245 g/mol. The van der Waals surface area contributed by atoms with Crippen molar-refractivity contribution in [3.8, 4) is 0 Å². The van der Waals surface area contributed by atoms with Crippen LogP contribution in [0.5, 0.6) is 0 Å². The fraction of sp³-hybridized carbons (Fsp3) is 0.600. The van der Waals surface area contributed by atoms with Gasteiger partial charge >= 0.3 is 0 Å². The summed E-state index contributed by atoms with van der Waals surface area (Å²) in [6.07, 6.45) is 2.76. The van der Waals surface area contributed by atoms with E-state index in [1.807, 2.05) is 0 Å². The molecule has 98 valence electrons. The molecule has 1 saturated heterocycles. The van der Waals surface area contributed by atoms with Crippen LogP contribution in [0, 0.1) is 0 Å². The summed E-state index contributed by atoms with van der Waals surface area (Å²) >= 11 is 0. The molecule has 0 bridgehead atoms. The highest BCUT2D eigenvalue weighted by Crippen LogP contribution is 2.41. The summed E-state index contributed by atoms with van der Waals surface area (Å²) in [7, 11) is 2.19. The van der Waals surface area contributed by atoms with Gasteiger partial charge in [0.15, 0.2) is 0 Å². The number of nitrogens with zero attached hydrogens (tertiary/aromatic N) is 2. The van der Waals surface area contributed by atoms with Crippen molar-refractivity contribution in [2.45, 2.75) is 25.3 Å². The molecule has 0 unspecified atom stereocenters. The van der Waals surface area contributed by atoms with E-state index in [-0.39, 0.29) is 0 Å². The van der Waals surface area contributed by atoms with E-state index in [0.29, 0.717) is 0 Å². The average Bonchev–Trinajstić information content (AvgIpc) is 3.23. The zero-order valence-corrected chi connectivity index (χ0v) is 11.2. The fourth-order valence-electron chi connectivity index (χ4n) is 2.65. The Labute approximate surface area is 110 Å². The second kappa shape index (κ2) is 5.39. The van der Waals surface area contributed by atoms with Crippen LogP contribution < -0.4 is 5.43 Å². The molecule has 1 N–H and O–H groups in total. The standard InChI is InChI=1S/C15H23N3/c1-17-8-10-18(11-9-17)16-12-14-4-2-3-5-15(14)13-6-7-13/h2-5,13,16H,6-12H2,1H3. The highest BCUT2D eigenvalue weighted by atomic mass is 15.5. The Morgan fingerprint density at radius 2 is 1.83 bits per heavy atom. The van der Waals surface area contributed by atoms with Gasteiger partial charge in [-0.15, -0.1) is 0 Å². The smallest absolute Gasteiger partial charge is 0.0356 e. The topological polar surface area (TPSA) is 18.5 Å². The van der Waals surface area contributed by atoms with Gasteiger partial charge in [-0.3, -0.25) is 5.43 Å². The first-order chi connectivity index (χ1) is 8.83. The van der Waals surface area contributed by atoms with Crippen LogP contribution in [0.25, 0.3) is 0 Å². The Morgan fingerprint density at radius 1 is 1.11 bits per heavy atom. The van der Waals surface area contributed by atoms with Crippen molar-refractivity contribution in [2.24, 2.45) is 0 Å². The highest BCUT2D eigenvalue weighted by Gasteiger charge is 2.25. The Morgan fingerprint density at radius 3 is 2.56 bits per heavy atom. The van der Waals surface area contributed by atoms with Crippen LogP contribution in [0.2, 0.25) is 0 Å². The van der Waals surface area contributed by atoms with Crippen LogP contribution in [-0.4, -0.2) is 43.1 Å². The lowest BCUT2D eigenvalue weighted by Crippen LogP contribution is -2.50. The first kappa shape index (κ1) is 12.2. The van der Waals surface area contributed by atoms with Gasteiger partial charge in [-0.25, -0.2) is 5.01 Å². The minimum Gasteiger partial charge on any atom is -0.304 e. The number of hydrogen-bond acceptors (Lipinski definition) is 3. The lowest BCUT2D eigenvalue weighted by Gasteiger charge is -2.32. The van der Waals surface area contributed by atoms with Gasteiger partial charge in [0.25, 0.3) is 0 Å². The van der Waals surface area contributed by atoms with E-state index in [9.17, 15) is 0 Å². The SMILES string of the molecule is CN1CCN(NCc2ccccc2C2CC2)CC1.